The van der Waals surface area contributed by atoms with Gasteiger partial charge in [-0.1, -0.05) is 30.3 Å². The van der Waals surface area contributed by atoms with E-state index in [0.29, 0.717) is 12.1 Å². The Hall–Kier alpha value is -3.40. The van der Waals surface area contributed by atoms with Crippen LogP contribution in [0, 0.1) is 5.82 Å². The number of nitrogens with one attached hydrogen (secondary N) is 1. The van der Waals surface area contributed by atoms with Crippen LogP contribution in [0.2, 0.25) is 0 Å². The molecule has 1 heterocycles. The number of rotatable bonds is 4. The van der Waals surface area contributed by atoms with Gasteiger partial charge in [-0.15, -0.1) is 0 Å². The normalized spacial score (nSPS) is 10.9. The fourth-order valence-electron chi connectivity index (χ4n) is 3.16. The number of halogens is 1. The molecule has 0 spiro atoms. The summed E-state index contributed by atoms with van der Waals surface area (Å²) in [7, 11) is 2.03. The molecule has 0 aliphatic heterocycles. The van der Waals surface area contributed by atoms with Gasteiger partial charge in [0.2, 0.25) is 0 Å². The van der Waals surface area contributed by atoms with Gasteiger partial charge in [-0.2, -0.15) is 0 Å². The maximum Gasteiger partial charge on any atom is 0.251 e. The van der Waals surface area contributed by atoms with Gasteiger partial charge in [-0.05, 0) is 59.2 Å². The molecule has 0 aliphatic carbocycles. The highest BCUT2D eigenvalue weighted by atomic mass is 19.1. The Bertz CT molecular complexity index is 1100. The van der Waals surface area contributed by atoms with Crippen LogP contribution in [-0.4, -0.2) is 10.5 Å². The maximum absolute atomic E-state index is 12.9. The standard InChI is InChI=1S/C23H19FN2O/c1-26-13-12-20-14-19(8-11-22(20)26)17-4-6-18(7-5-17)23(27)25-15-16-2-9-21(24)10-3-16/h2-14H,15H2,1H3,(H,25,27). The number of carbonyl (C=O) groups excluding carboxylic acids is 1. The minimum Gasteiger partial charge on any atom is -0.351 e. The van der Waals surface area contributed by atoms with Crippen molar-refractivity contribution in [3.63, 3.8) is 0 Å². The number of carbonyl (C=O) groups is 1. The summed E-state index contributed by atoms with van der Waals surface area (Å²) in [4.78, 5) is 12.3. The molecule has 1 N–H and O–H groups in total. The highest BCUT2D eigenvalue weighted by Crippen LogP contribution is 2.25. The molecule has 4 rings (SSSR count). The van der Waals surface area contributed by atoms with Crippen LogP contribution in [-0.2, 0) is 13.6 Å². The van der Waals surface area contributed by atoms with Crippen molar-refractivity contribution in [2.24, 2.45) is 7.05 Å². The minimum atomic E-state index is -0.283. The first-order valence-electron chi connectivity index (χ1n) is 8.78. The van der Waals surface area contributed by atoms with Crippen LogP contribution in [0.5, 0.6) is 0 Å². The van der Waals surface area contributed by atoms with Gasteiger partial charge in [-0.3, -0.25) is 4.79 Å². The van der Waals surface area contributed by atoms with Crippen molar-refractivity contribution in [3.8, 4) is 11.1 Å². The first-order chi connectivity index (χ1) is 13.1. The second-order valence-electron chi connectivity index (χ2n) is 6.59. The van der Waals surface area contributed by atoms with Crippen LogP contribution in [0.1, 0.15) is 15.9 Å². The van der Waals surface area contributed by atoms with Crippen LogP contribution in [0.4, 0.5) is 4.39 Å². The lowest BCUT2D eigenvalue weighted by molar-refractivity contribution is 0.0951. The van der Waals surface area contributed by atoms with E-state index in [1.807, 2.05) is 37.5 Å². The largest absolute Gasteiger partial charge is 0.351 e. The summed E-state index contributed by atoms with van der Waals surface area (Å²) >= 11 is 0. The maximum atomic E-state index is 12.9. The van der Waals surface area contributed by atoms with Gasteiger partial charge in [0.15, 0.2) is 0 Å². The van der Waals surface area contributed by atoms with E-state index in [4.69, 9.17) is 0 Å². The molecule has 0 saturated heterocycles. The summed E-state index contributed by atoms with van der Waals surface area (Å²) in [6.07, 6.45) is 2.04. The monoisotopic (exact) mass is 358 g/mol. The average Bonchev–Trinajstić information content (AvgIpc) is 3.08. The van der Waals surface area contributed by atoms with Gasteiger partial charge in [0.05, 0.1) is 0 Å². The molecule has 4 aromatic rings. The first-order valence-corrected chi connectivity index (χ1v) is 8.78. The lowest BCUT2D eigenvalue weighted by Crippen LogP contribution is -2.22. The molecule has 4 heteroatoms. The second-order valence-corrected chi connectivity index (χ2v) is 6.59. The van der Waals surface area contributed by atoms with Gasteiger partial charge in [0, 0.05) is 36.3 Å². The van der Waals surface area contributed by atoms with Crippen molar-refractivity contribution >= 4 is 16.8 Å². The first kappa shape index (κ1) is 17.0. The summed E-state index contributed by atoms with van der Waals surface area (Å²) in [6, 6.07) is 22.1. The topological polar surface area (TPSA) is 34.0 Å². The van der Waals surface area contributed by atoms with Gasteiger partial charge >= 0.3 is 0 Å². The predicted octanol–water partition coefficient (Wildman–Crippen LogP) is 4.91. The van der Waals surface area contributed by atoms with E-state index in [9.17, 15) is 9.18 Å². The molecule has 0 saturated carbocycles. The van der Waals surface area contributed by atoms with Crippen LogP contribution in [0.3, 0.4) is 0 Å². The zero-order valence-electron chi connectivity index (χ0n) is 14.9. The Morgan fingerprint density at radius 3 is 2.37 bits per heavy atom. The fraction of sp³-hybridized carbons (Fsp3) is 0.0870. The molecular weight excluding hydrogens is 339 g/mol. The molecular formula is C23H19FN2O. The van der Waals surface area contributed by atoms with Gasteiger partial charge < -0.3 is 9.88 Å². The number of aryl methyl sites for hydroxylation is 1. The molecule has 134 valence electrons. The van der Waals surface area contributed by atoms with Crippen LogP contribution in [0.15, 0.2) is 79.0 Å². The fourth-order valence-corrected chi connectivity index (χ4v) is 3.16. The van der Waals surface area contributed by atoms with E-state index in [0.717, 1.165) is 16.7 Å². The second kappa shape index (κ2) is 7.08. The quantitative estimate of drug-likeness (QED) is 0.552. The Morgan fingerprint density at radius 2 is 1.63 bits per heavy atom. The van der Waals surface area contributed by atoms with E-state index >= 15 is 0 Å². The Kier molecular flexibility index (Phi) is 4.47. The van der Waals surface area contributed by atoms with E-state index < -0.39 is 0 Å². The van der Waals surface area contributed by atoms with Crippen molar-refractivity contribution in [3.05, 3.63) is 95.9 Å². The van der Waals surface area contributed by atoms with Gasteiger partial charge in [0.1, 0.15) is 5.82 Å². The van der Waals surface area contributed by atoms with Gasteiger partial charge in [-0.25, -0.2) is 4.39 Å². The molecule has 3 aromatic carbocycles. The van der Waals surface area contributed by atoms with Gasteiger partial charge in [0.25, 0.3) is 5.91 Å². The molecule has 1 amide bonds. The van der Waals surface area contributed by atoms with Crippen LogP contribution < -0.4 is 5.32 Å². The SMILES string of the molecule is Cn1ccc2cc(-c3ccc(C(=O)NCc4ccc(F)cc4)cc3)ccc21. The molecule has 0 aliphatic rings. The smallest absolute Gasteiger partial charge is 0.251 e. The van der Waals surface area contributed by atoms with E-state index in [1.165, 1.54) is 23.0 Å². The summed E-state index contributed by atoms with van der Waals surface area (Å²) in [5.41, 5.74) is 4.83. The Labute approximate surface area is 157 Å². The molecule has 27 heavy (non-hydrogen) atoms. The molecule has 0 atom stereocenters. The van der Waals surface area contributed by atoms with Crippen molar-refractivity contribution in [2.75, 3.05) is 0 Å². The Balaban J connectivity index is 1.47. The lowest BCUT2D eigenvalue weighted by Gasteiger charge is -2.07. The molecule has 1 aromatic heterocycles. The molecule has 0 fully saturated rings. The molecule has 3 nitrogen and oxygen atoms in total. The number of nitrogens with zero attached hydrogens (tertiary/aromatic N) is 1. The number of aromatic nitrogens is 1. The third-order valence-corrected chi connectivity index (χ3v) is 4.73. The van der Waals surface area contributed by atoms with E-state index in [2.05, 4.69) is 34.1 Å². The zero-order chi connectivity index (χ0) is 18.8. The number of fused-ring (bicyclic) bond motifs is 1. The van der Waals surface area contributed by atoms with E-state index in [-0.39, 0.29) is 11.7 Å². The number of benzene rings is 3. The summed E-state index contributed by atoms with van der Waals surface area (Å²) in [6.45, 7) is 0.367. The number of hydrogen-bond acceptors (Lipinski definition) is 1. The van der Waals surface area contributed by atoms with Crippen LogP contribution in [0.25, 0.3) is 22.0 Å². The average molecular weight is 358 g/mol. The van der Waals surface area contributed by atoms with Crippen molar-refractivity contribution in [2.45, 2.75) is 6.54 Å². The minimum absolute atomic E-state index is 0.149. The molecule has 0 radical (unpaired) electrons. The number of hydrogen-bond donors (Lipinski definition) is 1. The summed E-state index contributed by atoms with van der Waals surface area (Å²) < 4.78 is 15.0. The Morgan fingerprint density at radius 1 is 0.926 bits per heavy atom. The number of amides is 1. The van der Waals surface area contributed by atoms with Crippen molar-refractivity contribution in [1.29, 1.82) is 0 Å². The predicted molar refractivity (Wildman–Crippen MR) is 106 cm³/mol. The van der Waals surface area contributed by atoms with Crippen LogP contribution >= 0.6 is 0 Å². The zero-order valence-corrected chi connectivity index (χ0v) is 14.9. The van der Waals surface area contributed by atoms with Crippen molar-refractivity contribution in [1.82, 2.24) is 9.88 Å². The third kappa shape index (κ3) is 3.60. The third-order valence-electron chi connectivity index (χ3n) is 4.73. The van der Waals surface area contributed by atoms with E-state index in [1.54, 1.807) is 12.1 Å². The summed E-state index contributed by atoms with van der Waals surface area (Å²) in [5.74, 6) is -0.432. The summed E-state index contributed by atoms with van der Waals surface area (Å²) in [5, 5.41) is 4.05. The molecule has 0 unspecified atom stereocenters. The highest BCUT2D eigenvalue weighted by molar-refractivity contribution is 5.95. The molecule has 0 bridgehead atoms. The lowest BCUT2D eigenvalue weighted by atomic mass is 10.0. The highest BCUT2D eigenvalue weighted by Gasteiger charge is 2.07. The van der Waals surface area contributed by atoms with Crippen molar-refractivity contribution < 1.29 is 9.18 Å².